The minimum Gasteiger partial charge on any atom is -0.356 e. The summed E-state index contributed by atoms with van der Waals surface area (Å²) in [5.74, 6) is 0. The molecule has 0 heterocycles. The number of aryl methyl sites for hydroxylation is 2. The van der Waals surface area contributed by atoms with Crippen LogP contribution in [-0.4, -0.2) is 8.07 Å². The molecule has 2 aromatic carbocycles. The maximum atomic E-state index is 3.47. The van der Waals surface area contributed by atoms with Gasteiger partial charge in [-0.3, -0.25) is 0 Å². The van der Waals surface area contributed by atoms with Gasteiger partial charge in [0.15, 0.2) is 0 Å². The van der Waals surface area contributed by atoms with Gasteiger partial charge in [-0.15, -0.1) is 0 Å². The van der Waals surface area contributed by atoms with E-state index in [9.17, 15) is 0 Å². The molecule has 0 saturated carbocycles. The van der Waals surface area contributed by atoms with Gasteiger partial charge in [0.2, 0.25) is 0 Å². The Labute approximate surface area is 117 Å². The van der Waals surface area contributed by atoms with Gasteiger partial charge in [0, 0.05) is 11.4 Å². The Morgan fingerprint density at radius 1 is 0.737 bits per heavy atom. The normalized spacial score (nSPS) is 11.4. The SMILES string of the molecule is Cc1ccc(Nc2ccc([Si](C)(C)C)cc2)cc1C. The molecule has 2 rings (SSSR count). The van der Waals surface area contributed by atoms with Crippen LogP contribution < -0.4 is 10.5 Å². The van der Waals surface area contributed by atoms with Crippen LogP contribution in [0.25, 0.3) is 0 Å². The Balaban J connectivity index is 2.17. The second-order valence-corrected chi connectivity index (χ2v) is 11.3. The van der Waals surface area contributed by atoms with Gasteiger partial charge in [-0.05, 0) is 49.2 Å². The van der Waals surface area contributed by atoms with Crippen LogP contribution in [-0.2, 0) is 0 Å². The van der Waals surface area contributed by atoms with Crippen LogP contribution in [0.2, 0.25) is 19.6 Å². The van der Waals surface area contributed by atoms with Gasteiger partial charge in [-0.25, -0.2) is 0 Å². The predicted molar refractivity (Wildman–Crippen MR) is 88.6 cm³/mol. The molecule has 2 heteroatoms. The molecular weight excluding hydrogens is 246 g/mol. The number of rotatable bonds is 3. The van der Waals surface area contributed by atoms with E-state index in [4.69, 9.17) is 0 Å². The second kappa shape index (κ2) is 5.22. The summed E-state index contributed by atoms with van der Waals surface area (Å²) in [5.41, 5.74) is 4.97. The Morgan fingerprint density at radius 2 is 1.32 bits per heavy atom. The van der Waals surface area contributed by atoms with E-state index in [1.807, 2.05) is 0 Å². The first-order valence-corrected chi connectivity index (χ1v) is 10.3. The third kappa shape index (κ3) is 3.48. The third-order valence-electron chi connectivity index (χ3n) is 3.55. The second-order valence-electron chi connectivity index (χ2n) is 6.25. The third-order valence-corrected chi connectivity index (χ3v) is 5.61. The summed E-state index contributed by atoms with van der Waals surface area (Å²) in [5, 5.41) is 4.96. The molecule has 100 valence electrons. The molecule has 0 aliphatic heterocycles. The van der Waals surface area contributed by atoms with E-state index in [0.717, 1.165) is 11.4 Å². The number of hydrogen-bond acceptors (Lipinski definition) is 1. The van der Waals surface area contributed by atoms with Gasteiger partial charge in [0.05, 0.1) is 8.07 Å². The summed E-state index contributed by atoms with van der Waals surface area (Å²) >= 11 is 0. The van der Waals surface area contributed by atoms with Crippen molar-refractivity contribution in [3.05, 3.63) is 53.6 Å². The van der Waals surface area contributed by atoms with Gasteiger partial charge >= 0.3 is 0 Å². The fraction of sp³-hybridized carbons (Fsp3) is 0.294. The number of nitrogens with one attached hydrogen (secondary N) is 1. The molecule has 2 aromatic rings. The average molecular weight is 269 g/mol. The van der Waals surface area contributed by atoms with E-state index >= 15 is 0 Å². The molecule has 0 radical (unpaired) electrons. The molecule has 0 amide bonds. The summed E-state index contributed by atoms with van der Waals surface area (Å²) in [6.07, 6.45) is 0. The minimum atomic E-state index is -1.19. The number of benzene rings is 2. The Kier molecular flexibility index (Phi) is 3.81. The van der Waals surface area contributed by atoms with E-state index in [-0.39, 0.29) is 0 Å². The lowest BCUT2D eigenvalue weighted by Crippen LogP contribution is -2.37. The van der Waals surface area contributed by atoms with Crippen molar-refractivity contribution in [2.75, 3.05) is 5.32 Å². The lowest BCUT2D eigenvalue weighted by atomic mass is 10.1. The molecule has 0 aliphatic carbocycles. The summed E-state index contributed by atoms with van der Waals surface area (Å²) in [6.45, 7) is 11.4. The van der Waals surface area contributed by atoms with Crippen LogP contribution in [0.5, 0.6) is 0 Å². The van der Waals surface area contributed by atoms with Crippen LogP contribution in [0.1, 0.15) is 11.1 Å². The summed E-state index contributed by atoms with van der Waals surface area (Å²) in [7, 11) is -1.19. The topological polar surface area (TPSA) is 12.0 Å². The van der Waals surface area contributed by atoms with Crippen molar-refractivity contribution in [3.63, 3.8) is 0 Å². The van der Waals surface area contributed by atoms with Crippen LogP contribution in [0, 0.1) is 13.8 Å². The van der Waals surface area contributed by atoms with Crippen molar-refractivity contribution in [1.82, 2.24) is 0 Å². The van der Waals surface area contributed by atoms with E-state index < -0.39 is 8.07 Å². The van der Waals surface area contributed by atoms with Gasteiger partial charge < -0.3 is 5.32 Å². The smallest absolute Gasteiger partial charge is 0.0775 e. The van der Waals surface area contributed by atoms with E-state index in [1.54, 1.807) is 0 Å². The van der Waals surface area contributed by atoms with Crippen LogP contribution in [0.15, 0.2) is 42.5 Å². The highest BCUT2D eigenvalue weighted by molar-refractivity contribution is 6.88. The fourth-order valence-corrected chi connectivity index (χ4v) is 3.21. The fourth-order valence-electron chi connectivity index (χ4n) is 2.04. The molecule has 0 fully saturated rings. The predicted octanol–water partition coefficient (Wildman–Crippen LogP) is 4.59. The maximum absolute atomic E-state index is 3.47. The average Bonchev–Trinajstić information content (AvgIpc) is 2.33. The zero-order valence-corrected chi connectivity index (χ0v) is 13.5. The van der Waals surface area contributed by atoms with Gasteiger partial charge in [-0.1, -0.05) is 43.0 Å². The van der Waals surface area contributed by atoms with Gasteiger partial charge in [0.25, 0.3) is 0 Å². The molecular formula is C17H23NSi. The van der Waals surface area contributed by atoms with Crippen LogP contribution in [0.4, 0.5) is 11.4 Å². The highest BCUT2D eigenvalue weighted by Gasteiger charge is 2.15. The molecule has 0 bridgehead atoms. The van der Waals surface area contributed by atoms with Crippen molar-refractivity contribution in [2.24, 2.45) is 0 Å². The molecule has 0 aromatic heterocycles. The van der Waals surface area contributed by atoms with Crippen molar-refractivity contribution in [1.29, 1.82) is 0 Å². The molecule has 0 spiro atoms. The van der Waals surface area contributed by atoms with Crippen molar-refractivity contribution in [2.45, 2.75) is 33.5 Å². The minimum absolute atomic E-state index is 1.16. The first-order chi connectivity index (χ1) is 8.86. The van der Waals surface area contributed by atoms with E-state index in [1.165, 1.54) is 16.3 Å². The Hall–Kier alpha value is -1.54. The van der Waals surface area contributed by atoms with Gasteiger partial charge in [-0.2, -0.15) is 0 Å². The van der Waals surface area contributed by atoms with E-state index in [0.29, 0.717) is 0 Å². The molecule has 0 atom stereocenters. The van der Waals surface area contributed by atoms with Crippen molar-refractivity contribution >= 4 is 24.6 Å². The lowest BCUT2D eigenvalue weighted by Gasteiger charge is -2.17. The summed E-state index contributed by atoms with van der Waals surface area (Å²) in [6, 6.07) is 15.4. The monoisotopic (exact) mass is 269 g/mol. The zero-order valence-electron chi connectivity index (χ0n) is 12.5. The lowest BCUT2D eigenvalue weighted by molar-refractivity contribution is 1.34. The Bertz CT molecular complexity index is 565. The van der Waals surface area contributed by atoms with Crippen LogP contribution >= 0.6 is 0 Å². The molecule has 0 unspecified atom stereocenters. The molecule has 1 N–H and O–H groups in total. The quantitative estimate of drug-likeness (QED) is 0.803. The van der Waals surface area contributed by atoms with Crippen molar-refractivity contribution in [3.8, 4) is 0 Å². The largest absolute Gasteiger partial charge is 0.356 e. The molecule has 0 aliphatic rings. The number of hydrogen-bond donors (Lipinski definition) is 1. The van der Waals surface area contributed by atoms with E-state index in [2.05, 4.69) is 81.3 Å². The van der Waals surface area contributed by atoms with Gasteiger partial charge in [0.1, 0.15) is 0 Å². The summed E-state index contributed by atoms with van der Waals surface area (Å²) < 4.78 is 0. The highest BCUT2D eigenvalue weighted by atomic mass is 28.3. The first kappa shape index (κ1) is 13.9. The first-order valence-electron chi connectivity index (χ1n) is 6.81. The van der Waals surface area contributed by atoms with Crippen LogP contribution in [0.3, 0.4) is 0 Å². The number of anilines is 2. The zero-order chi connectivity index (χ0) is 14.0. The van der Waals surface area contributed by atoms with Crippen molar-refractivity contribution < 1.29 is 0 Å². The molecule has 19 heavy (non-hydrogen) atoms. The standard InChI is InChI=1S/C17H23NSi/c1-13-6-7-16(12-14(13)2)18-15-8-10-17(11-9-15)19(3,4)5/h6-12,18H,1-5H3. The highest BCUT2D eigenvalue weighted by Crippen LogP contribution is 2.19. The Morgan fingerprint density at radius 3 is 1.84 bits per heavy atom. The molecule has 1 nitrogen and oxygen atoms in total. The summed E-state index contributed by atoms with van der Waals surface area (Å²) in [4.78, 5) is 0. The maximum Gasteiger partial charge on any atom is 0.0775 e. The molecule has 0 saturated heterocycles.